The zero-order valence-corrected chi connectivity index (χ0v) is 9.12. The molecule has 1 aromatic carbocycles. The number of amides is 1. The lowest BCUT2D eigenvalue weighted by Gasteiger charge is -2.14. The van der Waals surface area contributed by atoms with Crippen molar-refractivity contribution in [2.75, 3.05) is 6.54 Å². The summed E-state index contributed by atoms with van der Waals surface area (Å²) in [7, 11) is 0. The molecule has 0 bridgehead atoms. The number of hydrogen-bond acceptors (Lipinski definition) is 2. The second-order valence-corrected chi connectivity index (χ2v) is 3.53. The minimum absolute atomic E-state index is 0.119. The predicted octanol–water partition coefficient (Wildman–Crippen LogP) is 1.89. The number of aryl methyl sites for hydroxylation is 1. The molecule has 3 nitrogen and oxygen atoms in total. The minimum Gasteiger partial charge on any atom is -0.338 e. The van der Waals surface area contributed by atoms with Gasteiger partial charge in [0, 0.05) is 6.42 Å². The van der Waals surface area contributed by atoms with E-state index in [0.717, 1.165) is 5.56 Å². The lowest BCUT2D eigenvalue weighted by molar-refractivity contribution is -0.146. The molecule has 90 valence electrons. The smallest absolute Gasteiger partial charge is 0.324 e. The summed E-state index contributed by atoms with van der Waals surface area (Å²) >= 11 is 0. The first kappa shape index (κ1) is 13.1. The first-order valence-corrected chi connectivity index (χ1v) is 5.13. The number of hydrogen-bond donors (Lipinski definition) is 1. The van der Waals surface area contributed by atoms with Crippen molar-refractivity contribution in [3.05, 3.63) is 35.9 Å². The van der Waals surface area contributed by atoms with E-state index in [4.69, 9.17) is 5.26 Å². The third-order valence-corrected chi connectivity index (χ3v) is 2.23. The van der Waals surface area contributed by atoms with E-state index in [9.17, 15) is 13.6 Å². The Kier molecular flexibility index (Phi) is 4.58. The molecule has 5 heteroatoms. The van der Waals surface area contributed by atoms with E-state index in [-0.39, 0.29) is 6.42 Å². The number of rotatable bonds is 5. The summed E-state index contributed by atoms with van der Waals surface area (Å²) in [4.78, 5) is 11.0. The molecular weight excluding hydrogens is 226 g/mol. The summed E-state index contributed by atoms with van der Waals surface area (Å²) < 4.78 is 26.6. The molecule has 0 saturated carbocycles. The van der Waals surface area contributed by atoms with E-state index >= 15 is 0 Å². The Morgan fingerprint density at radius 2 is 2.00 bits per heavy atom. The second-order valence-electron chi connectivity index (χ2n) is 3.53. The van der Waals surface area contributed by atoms with Gasteiger partial charge in [0.15, 0.2) is 0 Å². The van der Waals surface area contributed by atoms with Gasteiger partial charge in [0.2, 0.25) is 0 Å². The fourth-order valence-electron chi connectivity index (χ4n) is 1.31. The van der Waals surface area contributed by atoms with E-state index in [1.54, 1.807) is 36.4 Å². The van der Waals surface area contributed by atoms with Gasteiger partial charge in [-0.25, -0.2) is 0 Å². The lowest BCUT2D eigenvalue weighted by Crippen LogP contribution is -2.40. The Hall–Kier alpha value is -1.96. The Morgan fingerprint density at radius 3 is 2.59 bits per heavy atom. The third kappa shape index (κ3) is 4.19. The zero-order chi connectivity index (χ0) is 12.7. The molecule has 17 heavy (non-hydrogen) atoms. The number of carbonyl (C=O) groups is 1. The molecule has 1 N–H and O–H groups in total. The van der Waals surface area contributed by atoms with Crippen LogP contribution >= 0.6 is 0 Å². The predicted molar refractivity (Wildman–Crippen MR) is 58.3 cm³/mol. The molecule has 0 saturated heterocycles. The molecular formula is C12H12F2N2O. The highest BCUT2D eigenvalue weighted by Gasteiger charge is 2.37. The van der Waals surface area contributed by atoms with Gasteiger partial charge in [-0.15, -0.1) is 0 Å². The monoisotopic (exact) mass is 238 g/mol. The lowest BCUT2D eigenvalue weighted by atomic mass is 10.1. The summed E-state index contributed by atoms with van der Waals surface area (Å²) in [5.41, 5.74) is 0.750. The molecule has 0 heterocycles. The largest absolute Gasteiger partial charge is 0.338 e. The average molecular weight is 238 g/mol. The Morgan fingerprint density at radius 1 is 1.35 bits per heavy atom. The van der Waals surface area contributed by atoms with Gasteiger partial charge in [0.25, 0.3) is 5.91 Å². The van der Waals surface area contributed by atoms with Crippen molar-refractivity contribution in [3.63, 3.8) is 0 Å². The topological polar surface area (TPSA) is 52.9 Å². The molecule has 0 radical (unpaired) electrons. The first-order chi connectivity index (χ1) is 8.06. The maximum atomic E-state index is 13.3. The van der Waals surface area contributed by atoms with Crippen LogP contribution < -0.4 is 5.32 Å². The van der Waals surface area contributed by atoms with E-state index in [2.05, 4.69) is 0 Å². The van der Waals surface area contributed by atoms with Crippen LogP contribution in [0.25, 0.3) is 0 Å². The van der Waals surface area contributed by atoms with Crippen LogP contribution in [-0.2, 0) is 11.2 Å². The first-order valence-electron chi connectivity index (χ1n) is 5.13. The Balaban J connectivity index is 2.50. The van der Waals surface area contributed by atoms with Gasteiger partial charge in [-0.2, -0.15) is 14.0 Å². The molecule has 0 spiro atoms. The maximum Gasteiger partial charge on any atom is 0.324 e. The van der Waals surface area contributed by atoms with Gasteiger partial charge in [-0.05, 0) is 12.0 Å². The van der Waals surface area contributed by atoms with Crippen LogP contribution in [0.5, 0.6) is 0 Å². The fourth-order valence-corrected chi connectivity index (χ4v) is 1.31. The molecule has 0 aromatic heterocycles. The van der Waals surface area contributed by atoms with Crippen LogP contribution in [0.3, 0.4) is 0 Å². The molecule has 0 aliphatic heterocycles. The fraction of sp³-hybridized carbons (Fsp3) is 0.333. The molecule has 0 aliphatic carbocycles. The van der Waals surface area contributed by atoms with Crippen molar-refractivity contribution < 1.29 is 13.6 Å². The van der Waals surface area contributed by atoms with Crippen LogP contribution in [0.2, 0.25) is 0 Å². The summed E-state index contributed by atoms with van der Waals surface area (Å²) in [5.74, 6) is -4.83. The van der Waals surface area contributed by atoms with Crippen molar-refractivity contribution in [1.29, 1.82) is 5.26 Å². The van der Waals surface area contributed by atoms with Crippen LogP contribution in [0.15, 0.2) is 30.3 Å². The van der Waals surface area contributed by atoms with Gasteiger partial charge in [-0.3, -0.25) is 4.79 Å². The highest BCUT2D eigenvalue weighted by molar-refractivity contribution is 5.83. The quantitative estimate of drug-likeness (QED) is 0.796. The van der Waals surface area contributed by atoms with E-state index < -0.39 is 24.8 Å². The zero-order valence-electron chi connectivity index (χ0n) is 9.12. The van der Waals surface area contributed by atoms with Gasteiger partial charge < -0.3 is 5.32 Å². The highest BCUT2D eigenvalue weighted by atomic mass is 19.3. The minimum atomic E-state index is -3.44. The van der Waals surface area contributed by atoms with E-state index in [1.807, 2.05) is 5.32 Å². The second kappa shape index (κ2) is 5.94. The summed E-state index contributed by atoms with van der Waals surface area (Å²) in [5, 5.41) is 10.0. The van der Waals surface area contributed by atoms with Crippen molar-refractivity contribution in [3.8, 4) is 6.07 Å². The van der Waals surface area contributed by atoms with Gasteiger partial charge in [0.1, 0.15) is 6.54 Å². The summed E-state index contributed by atoms with van der Waals surface area (Å²) in [6.45, 7) is -0.403. The molecule has 0 unspecified atom stereocenters. The molecule has 0 atom stereocenters. The number of nitriles is 1. The number of benzene rings is 1. The van der Waals surface area contributed by atoms with Crippen LogP contribution in [0, 0.1) is 11.3 Å². The number of halogens is 2. The van der Waals surface area contributed by atoms with E-state index in [1.165, 1.54) is 0 Å². The summed E-state index contributed by atoms with van der Waals surface area (Å²) in [6.07, 6.45) is -0.442. The normalized spacial score (nSPS) is 10.6. The summed E-state index contributed by atoms with van der Waals surface area (Å²) in [6, 6.07) is 10.3. The van der Waals surface area contributed by atoms with Crippen LogP contribution in [-0.4, -0.2) is 18.4 Å². The number of nitrogens with one attached hydrogen (secondary N) is 1. The number of carbonyl (C=O) groups excluding carboxylic acids is 1. The van der Waals surface area contributed by atoms with Gasteiger partial charge in [-0.1, -0.05) is 30.3 Å². The van der Waals surface area contributed by atoms with Crippen molar-refractivity contribution in [2.24, 2.45) is 0 Å². The highest BCUT2D eigenvalue weighted by Crippen LogP contribution is 2.21. The number of nitrogens with zero attached hydrogens (tertiary/aromatic N) is 1. The molecule has 1 aromatic rings. The Bertz CT molecular complexity index is 412. The molecule has 1 rings (SSSR count). The van der Waals surface area contributed by atoms with Crippen molar-refractivity contribution in [1.82, 2.24) is 5.32 Å². The standard InChI is InChI=1S/C12H12F2N2O/c13-12(14,11(17)16-9-8-15)7-6-10-4-2-1-3-5-10/h1-5H,6-7,9H2,(H,16,17). The number of alkyl halides is 2. The van der Waals surface area contributed by atoms with Crippen molar-refractivity contribution >= 4 is 5.91 Å². The van der Waals surface area contributed by atoms with E-state index in [0.29, 0.717) is 0 Å². The van der Waals surface area contributed by atoms with Crippen molar-refractivity contribution in [2.45, 2.75) is 18.8 Å². The SMILES string of the molecule is N#CCNC(=O)C(F)(F)CCc1ccccc1. The molecule has 1 amide bonds. The van der Waals surface area contributed by atoms with Gasteiger partial charge in [0.05, 0.1) is 6.07 Å². The van der Waals surface area contributed by atoms with Crippen LogP contribution in [0.4, 0.5) is 8.78 Å². The Labute approximate surface area is 98.1 Å². The molecule has 0 fully saturated rings. The maximum absolute atomic E-state index is 13.3. The average Bonchev–Trinajstić information content (AvgIpc) is 2.35. The van der Waals surface area contributed by atoms with Crippen LogP contribution in [0.1, 0.15) is 12.0 Å². The third-order valence-electron chi connectivity index (χ3n) is 2.23. The molecule has 0 aliphatic rings. The van der Waals surface area contributed by atoms with Gasteiger partial charge >= 0.3 is 5.92 Å².